The molecule has 5 nitrogen and oxygen atoms in total. The van der Waals surface area contributed by atoms with E-state index in [-0.39, 0.29) is 5.54 Å². The Hall–Kier alpha value is -0.850. The van der Waals surface area contributed by atoms with Gasteiger partial charge in [0.05, 0.1) is 4.90 Å². The van der Waals surface area contributed by atoms with Crippen molar-refractivity contribution in [1.82, 2.24) is 14.6 Å². The van der Waals surface area contributed by atoms with E-state index in [0.29, 0.717) is 11.4 Å². The Morgan fingerprint density at radius 1 is 1.33 bits per heavy atom. The Balaban J connectivity index is 2.24. The van der Waals surface area contributed by atoms with Crippen LogP contribution in [-0.4, -0.2) is 25.6 Å². The molecular weight excluding hydrogens is 286 g/mol. The lowest BCUT2D eigenvalue weighted by molar-refractivity contribution is 0.427. The van der Waals surface area contributed by atoms with Crippen LogP contribution in [0.2, 0.25) is 0 Å². The number of nitrogens with one attached hydrogen (secondary N) is 2. The monoisotopic (exact) mass is 313 g/mol. The van der Waals surface area contributed by atoms with Crippen molar-refractivity contribution >= 4 is 10.0 Å². The van der Waals surface area contributed by atoms with Crippen molar-refractivity contribution in [2.45, 2.75) is 69.5 Å². The lowest BCUT2D eigenvalue weighted by Gasteiger charge is -2.24. The van der Waals surface area contributed by atoms with Gasteiger partial charge in [0.25, 0.3) is 0 Å². The Morgan fingerprint density at radius 3 is 2.57 bits per heavy atom. The van der Waals surface area contributed by atoms with E-state index in [0.717, 1.165) is 44.3 Å². The highest BCUT2D eigenvalue weighted by Crippen LogP contribution is 2.30. The molecule has 1 saturated carbocycles. The van der Waals surface area contributed by atoms with Gasteiger partial charge in [-0.3, -0.25) is 0 Å². The molecule has 0 atom stereocenters. The van der Waals surface area contributed by atoms with Gasteiger partial charge < -0.3 is 9.88 Å². The van der Waals surface area contributed by atoms with Crippen LogP contribution in [0.3, 0.4) is 0 Å². The van der Waals surface area contributed by atoms with E-state index in [1.807, 2.05) is 18.5 Å². The number of sulfonamides is 1. The Bertz CT molecular complexity index is 548. The molecule has 2 N–H and O–H groups in total. The fraction of sp³-hybridized carbons (Fsp3) is 0.733. The zero-order valence-corrected chi connectivity index (χ0v) is 14.1. The maximum absolute atomic E-state index is 12.6. The minimum atomic E-state index is -3.44. The van der Waals surface area contributed by atoms with Gasteiger partial charge in [-0.15, -0.1) is 0 Å². The van der Waals surface area contributed by atoms with Gasteiger partial charge >= 0.3 is 0 Å². The first kappa shape index (κ1) is 16.5. The van der Waals surface area contributed by atoms with Gasteiger partial charge in [0, 0.05) is 30.5 Å². The first-order valence-electron chi connectivity index (χ1n) is 7.78. The minimum Gasteiger partial charge on any atom is -0.349 e. The van der Waals surface area contributed by atoms with Crippen LogP contribution in [-0.2, 0) is 23.1 Å². The number of hydrogen-bond donors (Lipinski definition) is 2. The van der Waals surface area contributed by atoms with Crippen molar-refractivity contribution in [1.29, 1.82) is 0 Å². The summed E-state index contributed by atoms with van der Waals surface area (Å²) < 4.78 is 30.2. The van der Waals surface area contributed by atoms with Crippen LogP contribution in [0.1, 0.15) is 51.6 Å². The molecule has 1 aromatic heterocycles. The molecule has 0 spiro atoms. The number of aromatic nitrogens is 1. The quantitative estimate of drug-likeness (QED) is 0.811. The number of rotatable bonds is 7. The summed E-state index contributed by atoms with van der Waals surface area (Å²) >= 11 is 0. The number of nitrogens with zero attached hydrogens (tertiary/aromatic N) is 1. The van der Waals surface area contributed by atoms with Crippen LogP contribution in [0, 0.1) is 0 Å². The van der Waals surface area contributed by atoms with Gasteiger partial charge in [-0.2, -0.15) is 0 Å². The summed E-state index contributed by atoms with van der Waals surface area (Å²) in [4.78, 5) is 0.384. The van der Waals surface area contributed by atoms with Crippen molar-refractivity contribution < 1.29 is 8.42 Å². The second-order valence-electron chi connectivity index (χ2n) is 6.26. The molecule has 0 bridgehead atoms. The maximum Gasteiger partial charge on any atom is 0.242 e. The average molecular weight is 313 g/mol. The molecule has 6 heteroatoms. The molecule has 0 aromatic carbocycles. The van der Waals surface area contributed by atoms with Gasteiger partial charge in [0.15, 0.2) is 0 Å². The molecule has 0 unspecified atom stereocenters. The average Bonchev–Trinajstić information content (AvgIpc) is 2.98. The number of hydrogen-bond acceptors (Lipinski definition) is 3. The van der Waals surface area contributed by atoms with E-state index in [4.69, 9.17) is 0 Å². The third kappa shape index (κ3) is 3.87. The smallest absolute Gasteiger partial charge is 0.242 e. The molecule has 1 aliphatic rings. The zero-order valence-electron chi connectivity index (χ0n) is 13.3. The SMILES string of the molecule is CCCn1cc(S(=O)(=O)NC2(C)CCCC2)cc1CNC. The van der Waals surface area contributed by atoms with Crippen molar-refractivity contribution in [3.8, 4) is 0 Å². The molecule has 1 aromatic rings. The second kappa shape index (κ2) is 6.50. The second-order valence-corrected chi connectivity index (χ2v) is 7.95. The molecule has 0 amide bonds. The van der Waals surface area contributed by atoms with E-state index < -0.39 is 10.0 Å². The summed E-state index contributed by atoms with van der Waals surface area (Å²) in [5, 5.41) is 3.09. The summed E-state index contributed by atoms with van der Waals surface area (Å²) in [6.45, 7) is 5.61. The third-order valence-electron chi connectivity index (χ3n) is 4.18. The zero-order chi connectivity index (χ0) is 15.5. The maximum atomic E-state index is 12.6. The van der Waals surface area contributed by atoms with Crippen molar-refractivity contribution in [2.24, 2.45) is 0 Å². The largest absolute Gasteiger partial charge is 0.349 e. The Kier molecular flexibility index (Phi) is 5.11. The van der Waals surface area contributed by atoms with E-state index in [1.54, 1.807) is 12.3 Å². The van der Waals surface area contributed by atoms with Gasteiger partial charge in [-0.25, -0.2) is 13.1 Å². The molecule has 0 aliphatic heterocycles. The Morgan fingerprint density at radius 2 is 2.00 bits per heavy atom. The summed E-state index contributed by atoms with van der Waals surface area (Å²) in [5.41, 5.74) is 0.728. The highest BCUT2D eigenvalue weighted by atomic mass is 32.2. The molecule has 120 valence electrons. The standard InChI is InChI=1S/C15H27N3O2S/c1-4-9-18-12-14(10-13(18)11-16-3)21(19,20)17-15(2)7-5-6-8-15/h10,12,16-17H,4-9,11H2,1-3H3. The van der Waals surface area contributed by atoms with Crippen molar-refractivity contribution in [2.75, 3.05) is 7.05 Å². The summed E-state index contributed by atoms with van der Waals surface area (Å²) in [6, 6.07) is 1.78. The fourth-order valence-corrected chi connectivity index (χ4v) is 4.62. The van der Waals surface area contributed by atoms with Crippen LogP contribution in [0.25, 0.3) is 0 Å². The lowest BCUT2D eigenvalue weighted by atomic mass is 10.0. The van der Waals surface area contributed by atoms with E-state index in [9.17, 15) is 8.42 Å². The highest BCUT2D eigenvalue weighted by Gasteiger charge is 2.34. The predicted octanol–water partition coefficient (Wildman–Crippen LogP) is 2.23. The molecule has 1 heterocycles. The predicted molar refractivity (Wildman–Crippen MR) is 84.7 cm³/mol. The van der Waals surface area contributed by atoms with Gasteiger partial charge in [-0.05, 0) is 39.3 Å². The van der Waals surface area contributed by atoms with Crippen molar-refractivity contribution in [3.05, 3.63) is 18.0 Å². The summed E-state index contributed by atoms with van der Waals surface area (Å²) in [5.74, 6) is 0. The summed E-state index contributed by atoms with van der Waals surface area (Å²) in [7, 11) is -1.57. The Labute approximate surface area is 128 Å². The lowest BCUT2D eigenvalue weighted by Crippen LogP contribution is -2.43. The van der Waals surface area contributed by atoms with Crippen LogP contribution in [0.5, 0.6) is 0 Å². The molecular formula is C15H27N3O2S. The first-order valence-corrected chi connectivity index (χ1v) is 9.26. The van der Waals surface area contributed by atoms with Gasteiger partial charge in [0.1, 0.15) is 0 Å². The van der Waals surface area contributed by atoms with Gasteiger partial charge in [0.2, 0.25) is 10.0 Å². The first-order chi connectivity index (χ1) is 9.90. The summed E-state index contributed by atoms with van der Waals surface area (Å²) in [6.07, 6.45) is 6.78. The fourth-order valence-electron chi connectivity index (χ4n) is 3.09. The van der Waals surface area contributed by atoms with E-state index >= 15 is 0 Å². The van der Waals surface area contributed by atoms with E-state index in [2.05, 4.69) is 17.0 Å². The molecule has 2 rings (SSSR count). The molecule has 0 radical (unpaired) electrons. The molecule has 1 fully saturated rings. The van der Waals surface area contributed by atoms with Gasteiger partial charge in [-0.1, -0.05) is 19.8 Å². The van der Waals surface area contributed by atoms with Crippen LogP contribution >= 0.6 is 0 Å². The highest BCUT2D eigenvalue weighted by molar-refractivity contribution is 7.89. The third-order valence-corrected chi connectivity index (χ3v) is 5.79. The molecule has 1 aliphatic carbocycles. The molecule has 21 heavy (non-hydrogen) atoms. The van der Waals surface area contributed by atoms with Crippen molar-refractivity contribution in [3.63, 3.8) is 0 Å². The molecule has 0 saturated heterocycles. The van der Waals surface area contributed by atoms with E-state index in [1.165, 1.54) is 0 Å². The number of aryl methyl sites for hydroxylation is 1. The normalized spacial score (nSPS) is 18.2. The minimum absolute atomic E-state index is 0.283. The van der Waals surface area contributed by atoms with Crippen LogP contribution in [0.15, 0.2) is 17.2 Å². The topological polar surface area (TPSA) is 63.1 Å². The van der Waals surface area contributed by atoms with Crippen LogP contribution in [0.4, 0.5) is 0 Å². The van der Waals surface area contributed by atoms with Crippen LogP contribution < -0.4 is 10.0 Å².